The standard InChI is InChI=1S/C15H20N2O/c16-10-14(17)11-18-15-8-6-13(7-9-15)12-4-2-1-3-5-12/h1-5,13-15H,6-9,11,17H2/t13-,14?,15+. The van der Waals surface area contributed by atoms with Gasteiger partial charge in [0.2, 0.25) is 0 Å². The third-order valence-corrected chi connectivity index (χ3v) is 3.62. The fourth-order valence-electron chi connectivity index (χ4n) is 2.57. The first-order chi connectivity index (χ1) is 8.79. The highest BCUT2D eigenvalue weighted by atomic mass is 16.5. The molecule has 0 aliphatic heterocycles. The topological polar surface area (TPSA) is 59.0 Å². The van der Waals surface area contributed by atoms with Crippen LogP contribution < -0.4 is 5.73 Å². The van der Waals surface area contributed by atoms with Crippen molar-refractivity contribution < 1.29 is 4.74 Å². The second-order valence-corrected chi connectivity index (χ2v) is 4.95. The van der Waals surface area contributed by atoms with Crippen LogP contribution in [0.4, 0.5) is 0 Å². The molecule has 1 saturated carbocycles. The second-order valence-electron chi connectivity index (χ2n) is 4.95. The van der Waals surface area contributed by atoms with Crippen LogP contribution in [0.5, 0.6) is 0 Å². The van der Waals surface area contributed by atoms with Gasteiger partial charge in [-0.15, -0.1) is 0 Å². The van der Waals surface area contributed by atoms with Crippen LogP contribution in [0.2, 0.25) is 0 Å². The smallest absolute Gasteiger partial charge is 0.116 e. The fourth-order valence-corrected chi connectivity index (χ4v) is 2.57. The number of nitrogens with two attached hydrogens (primary N) is 1. The van der Waals surface area contributed by atoms with E-state index in [4.69, 9.17) is 15.7 Å². The van der Waals surface area contributed by atoms with Gasteiger partial charge in [0, 0.05) is 0 Å². The Balaban J connectivity index is 1.77. The summed E-state index contributed by atoms with van der Waals surface area (Å²) in [5, 5.41) is 8.60. The number of hydrogen-bond acceptors (Lipinski definition) is 3. The van der Waals surface area contributed by atoms with E-state index >= 15 is 0 Å². The van der Waals surface area contributed by atoms with Crippen molar-refractivity contribution in [1.29, 1.82) is 5.26 Å². The number of hydrogen-bond donors (Lipinski definition) is 1. The molecule has 0 amide bonds. The lowest BCUT2D eigenvalue weighted by molar-refractivity contribution is 0.0230. The maximum atomic E-state index is 8.60. The molecule has 18 heavy (non-hydrogen) atoms. The van der Waals surface area contributed by atoms with E-state index in [0.717, 1.165) is 25.7 Å². The van der Waals surface area contributed by atoms with Crippen molar-refractivity contribution in [2.45, 2.75) is 43.7 Å². The van der Waals surface area contributed by atoms with Crippen molar-refractivity contribution in [2.24, 2.45) is 5.73 Å². The molecule has 1 atom stereocenters. The van der Waals surface area contributed by atoms with Crippen LogP contribution in [0.3, 0.4) is 0 Å². The van der Waals surface area contributed by atoms with E-state index in [9.17, 15) is 0 Å². The molecule has 0 heterocycles. The van der Waals surface area contributed by atoms with Crippen LogP contribution >= 0.6 is 0 Å². The van der Waals surface area contributed by atoms with Crippen LogP contribution in [-0.2, 0) is 4.74 Å². The first-order valence-electron chi connectivity index (χ1n) is 6.61. The fraction of sp³-hybridized carbons (Fsp3) is 0.533. The zero-order valence-electron chi connectivity index (χ0n) is 10.6. The van der Waals surface area contributed by atoms with E-state index in [1.54, 1.807) is 0 Å². The minimum atomic E-state index is -0.489. The molecule has 1 aromatic carbocycles. The molecule has 0 radical (unpaired) electrons. The Bertz CT molecular complexity index is 391. The van der Waals surface area contributed by atoms with E-state index < -0.39 is 6.04 Å². The molecule has 0 bridgehead atoms. The van der Waals surface area contributed by atoms with Crippen molar-refractivity contribution in [3.63, 3.8) is 0 Å². The number of nitrogens with zero attached hydrogens (tertiary/aromatic N) is 1. The predicted molar refractivity (Wildman–Crippen MR) is 71.0 cm³/mol. The third kappa shape index (κ3) is 3.56. The Morgan fingerprint density at radius 1 is 1.22 bits per heavy atom. The molecule has 1 aromatic rings. The van der Waals surface area contributed by atoms with Gasteiger partial charge in [-0.25, -0.2) is 0 Å². The summed E-state index contributed by atoms with van der Waals surface area (Å²) in [4.78, 5) is 0. The van der Waals surface area contributed by atoms with E-state index in [1.807, 2.05) is 6.07 Å². The molecule has 96 valence electrons. The summed E-state index contributed by atoms with van der Waals surface area (Å²) < 4.78 is 5.67. The van der Waals surface area contributed by atoms with Crippen LogP contribution in [-0.4, -0.2) is 18.8 Å². The summed E-state index contributed by atoms with van der Waals surface area (Å²) in [5.74, 6) is 0.663. The third-order valence-electron chi connectivity index (χ3n) is 3.62. The minimum Gasteiger partial charge on any atom is -0.375 e. The normalized spacial score (nSPS) is 25.3. The highest BCUT2D eigenvalue weighted by Gasteiger charge is 2.22. The van der Waals surface area contributed by atoms with Crippen molar-refractivity contribution in [1.82, 2.24) is 0 Å². The zero-order valence-corrected chi connectivity index (χ0v) is 10.6. The Labute approximate surface area is 109 Å². The molecule has 1 fully saturated rings. The first-order valence-corrected chi connectivity index (χ1v) is 6.61. The largest absolute Gasteiger partial charge is 0.375 e. The molecule has 1 unspecified atom stereocenters. The van der Waals surface area contributed by atoms with Crippen molar-refractivity contribution in [3.8, 4) is 6.07 Å². The van der Waals surface area contributed by atoms with Gasteiger partial charge in [0.1, 0.15) is 6.04 Å². The SMILES string of the molecule is N#CC(N)CO[C@H]1CC[C@@H](c2ccccc2)CC1. The summed E-state index contributed by atoms with van der Waals surface area (Å²) in [7, 11) is 0. The summed E-state index contributed by atoms with van der Waals surface area (Å²) >= 11 is 0. The number of benzene rings is 1. The lowest BCUT2D eigenvalue weighted by Crippen LogP contribution is -2.29. The van der Waals surface area contributed by atoms with Gasteiger partial charge < -0.3 is 10.5 Å². The van der Waals surface area contributed by atoms with Crippen molar-refractivity contribution >= 4 is 0 Å². The maximum absolute atomic E-state index is 8.60. The Hall–Kier alpha value is -1.37. The summed E-state index contributed by atoms with van der Waals surface area (Å²) in [5.41, 5.74) is 6.96. The molecule has 2 N–H and O–H groups in total. The lowest BCUT2D eigenvalue weighted by atomic mass is 9.83. The van der Waals surface area contributed by atoms with E-state index in [1.165, 1.54) is 5.56 Å². The maximum Gasteiger partial charge on any atom is 0.116 e. The van der Waals surface area contributed by atoms with Crippen LogP contribution in [0, 0.1) is 11.3 Å². The molecule has 0 aromatic heterocycles. The molecular formula is C15H20N2O. The monoisotopic (exact) mass is 244 g/mol. The Morgan fingerprint density at radius 3 is 2.50 bits per heavy atom. The molecule has 3 heteroatoms. The van der Waals surface area contributed by atoms with Crippen molar-refractivity contribution in [3.05, 3.63) is 35.9 Å². The molecule has 0 saturated heterocycles. The number of rotatable bonds is 4. The Morgan fingerprint density at radius 2 is 1.89 bits per heavy atom. The van der Waals surface area contributed by atoms with Gasteiger partial charge >= 0.3 is 0 Å². The zero-order chi connectivity index (χ0) is 12.8. The van der Waals surface area contributed by atoms with Gasteiger partial charge in [-0.2, -0.15) is 5.26 Å². The summed E-state index contributed by atoms with van der Waals surface area (Å²) in [6.07, 6.45) is 4.74. The molecule has 3 nitrogen and oxygen atoms in total. The van der Waals surface area contributed by atoms with Gasteiger partial charge in [-0.3, -0.25) is 0 Å². The lowest BCUT2D eigenvalue weighted by Gasteiger charge is -2.29. The minimum absolute atomic E-state index is 0.282. The van der Waals surface area contributed by atoms with Gasteiger partial charge in [-0.1, -0.05) is 30.3 Å². The molecule has 1 aliphatic carbocycles. The second kappa shape index (κ2) is 6.53. The average Bonchev–Trinajstić information content (AvgIpc) is 2.46. The van der Waals surface area contributed by atoms with Gasteiger partial charge in [-0.05, 0) is 37.2 Å². The summed E-state index contributed by atoms with van der Waals surface area (Å²) in [6, 6.07) is 12.2. The first kappa shape index (κ1) is 13.1. The average molecular weight is 244 g/mol. The summed E-state index contributed by atoms with van der Waals surface area (Å²) in [6.45, 7) is 0.358. The van der Waals surface area contributed by atoms with E-state index in [-0.39, 0.29) is 6.10 Å². The van der Waals surface area contributed by atoms with Crippen LogP contribution in [0.1, 0.15) is 37.2 Å². The van der Waals surface area contributed by atoms with Gasteiger partial charge in [0.25, 0.3) is 0 Å². The van der Waals surface area contributed by atoms with E-state index in [2.05, 4.69) is 30.3 Å². The van der Waals surface area contributed by atoms with Gasteiger partial charge in [0.15, 0.2) is 0 Å². The van der Waals surface area contributed by atoms with Gasteiger partial charge in [0.05, 0.1) is 18.8 Å². The Kier molecular flexibility index (Phi) is 4.74. The molecule has 1 aliphatic rings. The number of nitriles is 1. The highest BCUT2D eigenvalue weighted by molar-refractivity contribution is 5.19. The molecular weight excluding hydrogens is 224 g/mol. The molecule has 0 spiro atoms. The predicted octanol–water partition coefficient (Wildman–Crippen LogP) is 2.58. The highest BCUT2D eigenvalue weighted by Crippen LogP contribution is 2.33. The van der Waals surface area contributed by atoms with Crippen LogP contribution in [0.15, 0.2) is 30.3 Å². The van der Waals surface area contributed by atoms with Crippen molar-refractivity contribution in [2.75, 3.05) is 6.61 Å². The van der Waals surface area contributed by atoms with E-state index in [0.29, 0.717) is 12.5 Å². The van der Waals surface area contributed by atoms with Crippen LogP contribution in [0.25, 0.3) is 0 Å². The molecule has 2 rings (SSSR count). The number of ether oxygens (including phenoxy) is 1. The quantitative estimate of drug-likeness (QED) is 0.885.